The third-order valence-electron chi connectivity index (χ3n) is 1.95. The zero-order valence-corrected chi connectivity index (χ0v) is 9.23. The zero-order chi connectivity index (χ0) is 11.3. The van der Waals surface area contributed by atoms with E-state index in [0.717, 1.165) is 12.8 Å². The molecule has 0 spiro atoms. The Balaban J connectivity index is 2.57. The number of hydrogen-bond acceptors (Lipinski definition) is 1. The number of rotatable bonds is 5. The molecular weight excluding hydrogens is 222 g/mol. The lowest BCUT2D eigenvalue weighted by molar-refractivity contribution is 0.0950. The van der Waals surface area contributed by atoms with E-state index in [1.54, 1.807) is 0 Å². The normalized spacial score (nSPS) is 11.5. The van der Waals surface area contributed by atoms with Gasteiger partial charge in [0.2, 0.25) is 0 Å². The lowest BCUT2D eigenvalue weighted by Crippen LogP contribution is -2.03. The van der Waals surface area contributed by atoms with E-state index in [-0.39, 0.29) is 5.56 Å². The minimum atomic E-state index is -3.30. The van der Waals surface area contributed by atoms with E-state index in [0.29, 0.717) is 12.4 Å². The van der Waals surface area contributed by atoms with Crippen molar-refractivity contribution in [3.05, 3.63) is 29.8 Å². The van der Waals surface area contributed by atoms with Crippen LogP contribution in [-0.2, 0) is 5.38 Å². The van der Waals surface area contributed by atoms with Crippen LogP contribution in [0.3, 0.4) is 0 Å². The highest BCUT2D eigenvalue weighted by atomic mass is 35.5. The van der Waals surface area contributed by atoms with Gasteiger partial charge in [0, 0.05) is 5.56 Å². The number of ether oxygens (including phenoxy) is 1. The summed E-state index contributed by atoms with van der Waals surface area (Å²) in [6.45, 7) is 2.66. The monoisotopic (exact) mass is 234 g/mol. The van der Waals surface area contributed by atoms with Gasteiger partial charge in [-0.25, -0.2) is 0 Å². The molecule has 0 unspecified atom stereocenters. The van der Waals surface area contributed by atoms with Crippen LogP contribution in [0.15, 0.2) is 24.3 Å². The maximum absolute atomic E-state index is 12.6. The van der Waals surface area contributed by atoms with E-state index in [1.807, 2.05) is 0 Å². The fraction of sp³-hybridized carbons (Fsp3) is 0.455. The molecule has 0 saturated heterocycles. The van der Waals surface area contributed by atoms with Crippen LogP contribution in [0.2, 0.25) is 0 Å². The smallest absolute Gasteiger partial charge is 0.348 e. The van der Waals surface area contributed by atoms with Crippen LogP contribution >= 0.6 is 11.6 Å². The molecule has 0 aliphatic carbocycles. The molecule has 0 aromatic heterocycles. The van der Waals surface area contributed by atoms with Crippen molar-refractivity contribution in [2.24, 2.45) is 0 Å². The number of unbranched alkanes of at least 4 members (excludes halogenated alkanes) is 1. The number of hydrogen-bond donors (Lipinski definition) is 0. The van der Waals surface area contributed by atoms with Gasteiger partial charge in [0.25, 0.3) is 0 Å². The third-order valence-corrected chi connectivity index (χ3v) is 2.17. The van der Waals surface area contributed by atoms with Crippen LogP contribution in [0.4, 0.5) is 8.78 Å². The van der Waals surface area contributed by atoms with Crippen molar-refractivity contribution in [2.45, 2.75) is 25.1 Å². The highest BCUT2D eigenvalue weighted by Gasteiger charge is 2.27. The molecule has 0 fully saturated rings. The van der Waals surface area contributed by atoms with Gasteiger partial charge in [-0.05, 0) is 42.3 Å². The molecule has 0 aliphatic rings. The van der Waals surface area contributed by atoms with Crippen LogP contribution in [0.25, 0.3) is 0 Å². The molecule has 4 heteroatoms. The molecule has 15 heavy (non-hydrogen) atoms. The topological polar surface area (TPSA) is 9.23 Å². The average molecular weight is 235 g/mol. The van der Waals surface area contributed by atoms with E-state index in [2.05, 4.69) is 6.92 Å². The fourth-order valence-electron chi connectivity index (χ4n) is 1.07. The summed E-state index contributed by atoms with van der Waals surface area (Å²) in [4.78, 5) is 0. The largest absolute Gasteiger partial charge is 0.494 e. The summed E-state index contributed by atoms with van der Waals surface area (Å²) >= 11 is 4.86. The molecule has 0 atom stereocenters. The Bertz CT molecular complexity index is 292. The first-order chi connectivity index (χ1) is 7.04. The molecular formula is C11H13ClF2O. The molecule has 0 heterocycles. The molecule has 1 aromatic rings. The predicted octanol–water partition coefficient (Wildman–Crippen LogP) is 4.15. The van der Waals surface area contributed by atoms with Crippen LogP contribution in [0.5, 0.6) is 5.75 Å². The van der Waals surface area contributed by atoms with Gasteiger partial charge < -0.3 is 4.74 Å². The third kappa shape index (κ3) is 4.04. The van der Waals surface area contributed by atoms with E-state index in [9.17, 15) is 8.78 Å². The maximum atomic E-state index is 12.6. The summed E-state index contributed by atoms with van der Waals surface area (Å²) in [6, 6.07) is 5.55. The predicted molar refractivity (Wildman–Crippen MR) is 56.6 cm³/mol. The van der Waals surface area contributed by atoms with Crippen LogP contribution in [0.1, 0.15) is 25.3 Å². The van der Waals surface area contributed by atoms with E-state index < -0.39 is 5.38 Å². The Labute approximate surface area is 93.0 Å². The first kappa shape index (κ1) is 12.2. The average Bonchev–Trinajstić information content (AvgIpc) is 2.18. The summed E-state index contributed by atoms with van der Waals surface area (Å²) in [6.07, 6.45) is 1.99. The highest BCUT2D eigenvalue weighted by molar-refractivity contribution is 6.21. The Morgan fingerprint density at radius 1 is 1.27 bits per heavy atom. The molecule has 0 radical (unpaired) electrons. The SMILES string of the molecule is CCCCOc1ccc(C(F)(F)Cl)cc1. The van der Waals surface area contributed by atoms with Crippen LogP contribution in [-0.4, -0.2) is 6.61 Å². The van der Waals surface area contributed by atoms with Gasteiger partial charge in [0.05, 0.1) is 6.61 Å². The maximum Gasteiger partial charge on any atom is 0.348 e. The summed E-state index contributed by atoms with van der Waals surface area (Å²) in [5, 5.41) is -3.30. The van der Waals surface area contributed by atoms with Crippen molar-refractivity contribution in [1.82, 2.24) is 0 Å². The quantitative estimate of drug-likeness (QED) is 0.549. The molecule has 1 rings (SSSR count). The lowest BCUT2D eigenvalue weighted by atomic mass is 10.2. The van der Waals surface area contributed by atoms with Gasteiger partial charge in [0.1, 0.15) is 5.75 Å². The minimum absolute atomic E-state index is 0.216. The molecule has 0 amide bonds. The second-order valence-corrected chi connectivity index (χ2v) is 3.70. The Morgan fingerprint density at radius 2 is 1.87 bits per heavy atom. The van der Waals surface area contributed by atoms with Gasteiger partial charge >= 0.3 is 5.38 Å². The standard InChI is InChI=1S/C11H13ClF2O/c1-2-3-8-15-10-6-4-9(5-7-10)11(12,13)14/h4-7H,2-3,8H2,1H3. The Morgan fingerprint density at radius 3 is 2.33 bits per heavy atom. The van der Waals surface area contributed by atoms with Gasteiger partial charge in [-0.15, -0.1) is 0 Å². The highest BCUT2D eigenvalue weighted by Crippen LogP contribution is 2.32. The molecule has 1 aromatic carbocycles. The van der Waals surface area contributed by atoms with Crippen molar-refractivity contribution < 1.29 is 13.5 Å². The minimum Gasteiger partial charge on any atom is -0.494 e. The summed E-state index contributed by atoms with van der Waals surface area (Å²) in [7, 11) is 0. The molecule has 1 nitrogen and oxygen atoms in total. The zero-order valence-electron chi connectivity index (χ0n) is 8.47. The van der Waals surface area contributed by atoms with Crippen LogP contribution in [0, 0.1) is 0 Å². The second-order valence-electron chi connectivity index (χ2n) is 3.22. The summed E-state index contributed by atoms with van der Waals surface area (Å²) in [5.74, 6) is 0.591. The molecule has 84 valence electrons. The second kappa shape index (κ2) is 5.31. The van der Waals surface area contributed by atoms with Crippen molar-refractivity contribution >= 4 is 11.6 Å². The van der Waals surface area contributed by atoms with E-state index in [4.69, 9.17) is 16.3 Å². The number of alkyl halides is 3. The van der Waals surface area contributed by atoms with Gasteiger partial charge in [-0.3, -0.25) is 0 Å². The molecule has 0 aliphatic heterocycles. The van der Waals surface area contributed by atoms with Gasteiger partial charge in [-0.1, -0.05) is 13.3 Å². The van der Waals surface area contributed by atoms with E-state index in [1.165, 1.54) is 24.3 Å². The molecule has 0 bridgehead atoms. The van der Waals surface area contributed by atoms with Gasteiger partial charge in [0.15, 0.2) is 0 Å². The lowest BCUT2D eigenvalue weighted by Gasteiger charge is -2.09. The molecule has 0 saturated carbocycles. The molecule has 0 N–H and O–H groups in total. The number of halogens is 3. The summed E-state index contributed by atoms with van der Waals surface area (Å²) in [5.41, 5.74) is -0.216. The van der Waals surface area contributed by atoms with Crippen molar-refractivity contribution in [3.63, 3.8) is 0 Å². The number of benzene rings is 1. The van der Waals surface area contributed by atoms with Crippen molar-refractivity contribution in [1.29, 1.82) is 0 Å². The van der Waals surface area contributed by atoms with E-state index >= 15 is 0 Å². The Kier molecular flexibility index (Phi) is 4.33. The first-order valence-electron chi connectivity index (χ1n) is 4.84. The Hall–Kier alpha value is -0.830. The fourth-order valence-corrected chi connectivity index (χ4v) is 1.20. The summed E-state index contributed by atoms with van der Waals surface area (Å²) < 4.78 is 30.6. The van der Waals surface area contributed by atoms with Crippen LogP contribution < -0.4 is 4.74 Å². The first-order valence-corrected chi connectivity index (χ1v) is 5.22. The van der Waals surface area contributed by atoms with Crippen molar-refractivity contribution in [2.75, 3.05) is 6.61 Å². The van der Waals surface area contributed by atoms with Gasteiger partial charge in [-0.2, -0.15) is 8.78 Å². The van der Waals surface area contributed by atoms with Crippen molar-refractivity contribution in [3.8, 4) is 5.75 Å².